The Bertz CT molecular complexity index is 1240. The molecule has 3 aromatic rings. The van der Waals surface area contributed by atoms with Crippen molar-refractivity contribution in [1.29, 1.82) is 0 Å². The zero-order valence-electron chi connectivity index (χ0n) is 15.1. The number of aromatic nitrogens is 2. The first kappa shape index (κ1) is 20.9. The van der Waals surface area contributed by atoms with Crippen molar-refractivity contribution in [2.45, 2.75) is 11.1 Å². The van der Waals surface area contributed by atoms with Crippen LogP contribution >= 0.6 is 0 Å². The molecule has 30 heavy (non-hydrogen) atoms. The van der Waals surface area contributed by atoms with Crippen molar-refractivity contribution in [3.8, 4) is 11.8 Å². The maximum atomic E-state index is 13.2. The average molecular weight is 433 g/mol. The Kier molecular flexibility index (Phi) is 5.53. The SMILES string of the molecule is Nc1ncnc(N)c1C#Cc1cccc(NS(=O)(=O)c2ccccc2C(F)(F)F)c1. The number of nitrogen functional groups attached to an aromatic ring is 2. The quantitative estimate of drug-likeness (QED) is 0.546. The molecule has 1 heterocycles. The molecule has 0 atom stereocenters. The molecule has 0 aliphatic rings. The van der Waals surface area contributed by atoms with Crippen LogP contribution < -0.4 is 16.2 Å². The molecule has 0 fully saturated rings. The van der Waals surface area contributed by atoms with Gasteiger partial charge in [-0.05, 0) is 30.3 Å². The lowest BCUT2D eigenvalue weighted by Gasteiger charge is -2.14. The Labute approximate surface area is 170 Å². The molecule has 0 saturated carbocycles. The van der Waals surface area contributed by atoms with Gasteiger partial charge in [-0.15, -0.1) is 0 Å². The summed E-state index contributed by atoms with van der Waals surface area (Å²) in [6.07, 6.45) is -3.64. The van der Waals surface area contributed by atoms with E-state index in [0.29, 0.717) is 11.6 Å². The van der Waals surface area contributed by atoms with Gasteiger partial charge in [-0.1, -0.05) is 30.0 Å². The van der Waals surface area contributed by atoms with Gasteiger partial charge in [0.2, 0.25) is 0 Å². The van der Waals surface area contributed by atoms with E-state index in [0.717, 1.165) is 12.1 Å². The molecule has 7 nitrogen and oxygen atoms in total. The van der Waals surface area contributed by atoms with E-state index in [9.17, 15) is 21.6 Å². The van der Waals surface area contributed by atoms with Crippen LogP contribution in [0.25, 0.3) is 0 Å². The van der Waals surface area contributed by atoms with E-state index in [-0.39, 0.29) is 22.9 Å². The fourth-order valence-corrected chi connectivity index (χ4v) is 3.76. The Morgan fingerprint density at radius 2 is 1.60 bits per heavy atom. The standard InChI is InChI=1S/C19H14F3N5O2S/c20-19(21,22)15-6-1-2-7-16(15)30(28,29)27-13-5-3-4-12(10-13)8-9-14-17(23)25-11-26-18(14)24/h1-7,10-11,27H,(H4,23,24,25,26). The number of sulfonamides is 1. The van der Waals surface area contributed by atoms with Crippen LogP contribution in [0.1, 0.15) is 16.7 Å². The van der Waals surface area contributed by atoms with Crippen LogP contribution in [0.5, 0.6) is 0 Å². The lowest BCUT2D eigenvalue weighted by atomic mass is 10.2. The maximum Gasteiger partial charge on any atom is 0.417 e. The van der Waals surface area contributed by atoms with Gasteiger partial charge >= 0.3 is 6.18 Å². The molecule has 0 saturated heterocycles. The average Bonchev–Trinajstić information content (AvgIpc) is 2.67. The summed E-state index contributed by atoms with van der Waals surface area (Å²) in [5, 5.41) is 0. The lowest BCUT2D eigenvalue weighted by Crippen LogP contribution is -2.18. The van der Waals surface area contributed by atoms with Gasteiger partial charge in [0.25, 0.3) is 10.0 Å². The number of nitrogens with two attached hydrogens (primary N) is 2. The molecule has 0 aliphatic carbocycles. The molecule has 0 amide bonds. The summed E-state index contributed by atoms with van der Waals surface area (Å²) < 4.78 is 66.7. The highest BCUT2D eigenvalue weighted by Crippen LogP contribution is 2.34. The Morgan fingerprint density at radius 3 is 2.27 bits per heavy atom. The Balaban J connectivity index is 1.93. The fourth-order valence-electron chi connectivity index (χ4n) is 2.48. The van der Waals surface area contributed by atoms with E-state index < -0.39 is 26.7 Å². The van der Waals surface area contributed by atoms with Gasteiger partial charge in [0.15, 0.2) is 0 Å². The molecule has 1 aromatic heterocycles. The van der Waals surface area contributed by atoms with E-state index >= 15 is 0 Å². The summed E-state index contributed by atoms with van der Waals surface area (Å²) in [6, 6.07) is 9.72. The number of nitrogens with one attached hydrogen (secondary N) is 1. The van der Waals surface area contributed by atoms with E-state index in [2.05, 4.69) is 26.5 Å². The second-order valence-corrected chi connectivity index (χ2v) is 7.60. The number of benzene rings is 2. The number of halogens is 3. The van der Waals surface area contributed by atoms with Gasteiger partial charge < -0.3 is 11.5 Å². The number of alkyl halides is 3. The summed E-state index contributed by atoms with van der Waals surface area (Å²) >= 11 is 0. The van der Waals surface area contributed by atoms with Crippen molar-refractivity contribution < 1.29 is 21.6 Å². The van der Waals surface area contributed by atoms with Crippen LogP contribution in [0.2, 0.25) is 0 Å². The van der Waals surface area contributed by atoms with Crippen molar-refractivity contribution in [3.05, 3.63) is 71.5 Å². The molecule has 0 bridgehead atoms. The lowest BCUT2D eigenvalue weighted by molar-refractivity contribution is -0.139. The topological polar surface area (TPSA) is 124 Å². The number of nitrogens with zero attached hydrogens (tertiary/aromatic N) is 2. The van der Waals surface area contributed by atoms with Gasteiger partial charge in [-0.3, -0.25) is 4.72 Å². The first-order valence-corrected chi connectivity index (χ1v) is 9.73. The van der Waals surface area contributed by atoms with Crippen molar-refractivity contribution in [2.75, 3.05) is 16.2 Å². The number of hydrogen-bond donors (Lipinski definition) is 3. The molecular formula is C19H14F3N5O2S. The monoisotopic (exact) mass is 433 g/mol. The van der Waals surface area contributed by atoms with Crippen LogP contribution in [0.15, 0.2) is 59.8 Å². The number of anilines is 3. The summed E-state index contributed by atoms with van der Waals surface area (Å²) in [4.78, 5) is 6.68. The first-order valence-electron chi connectivity index (χ1n) is 8.25. The van der Waals surface area contributed by atoms with Crippen molar-refractivity contribution in [1.82, 2.24) is 9.97 Å². The highest BCUT2D eigenvalue weighted by molar-refractivity contribution is 7.92. The second kappa shape index (κ2) is 7.92. The molecule has 0 unspecified atom stereocenters. The van der Waals surface area contributed by atoms with Crippen LogP contribution in [0, 0.1) is 11.8 Å². The molecule has 2 aromatic carbocycles. The van der Waals surface area contributed by atoms with Gasteiger partial charge in [0.05, 0.1) is 16.1 Å². The van der Waals surface area contributed by atoms with Crippen molar-refractivity contribution in [2.24, 2.45) is 0 Å². The van der Waals surface area contributed by atoms with E-state index in [1.165, 1.54) is 30.6 Å². The molecule has 5 N–H and O–H groups in total. The minimum Gasteiger partial charge on any atom is -0.382 e. The zero-order chi connectivity index (χ0) is 21.9. The predicted octanol–water partition coefficient (Wildman–Crippen LogP) is 2.86. The maximum absolute atomic E-state index is 13.2. The second-order valence-electron chi connectivity index (χ2n) is 5.95. The van der Waals surface area contributed by atoms with Gasteiger partial charge in [-0.2, -0.15) is 13.2 Å². The van der Waals surface area contributed by atoms with Crippen LogP contribution in [0.4, 0.5) is 30.5 Å². The van der Waals surface area contributed by atoms with Crippen LogP contribution in [0.3, 0.4) is 0 Å². The summed E-state index contributed by atoms with van der Waals surface area (Å²) in [6.45, 7) is 0. The third-order valence-electron chi connectivity index (χ3n) is 3.83. The molecular weight excluding hydrogens is 419 g/mol. The summed E-state index contributed by atoms with van der Waals surface area (Å²) in [7, 11) is -4.50. The van der Waals surface area contributed by atoms with Gasteiger partial charge in [-0.25, -0.2) is 18.4 Å². The van der Waals surface area contributed by atoms with Gasteiger partial charge in [0.1, 0.15) is 23.5 Å². The van der Waals surface area contributed by atoms with E-state index in [1.807, 2.05) is 0 Å². The summed E-state index contributed by atoms with van der Waals surface area (Å²) in [5.74, 6) is 5.60. The van der Waals surface area contributed by atoms with Crippen LogP contribution in [-0.2, 0) is 16.2 Å². The molecule has 11 heteroatoms. The zero-order valence-corrected chi connectivity index (χ0v) is 15.9. The largest absolute Gasteiger partial charge is 0.417 e. The minimum absolute atomic E-state index is 0.0315. The summed E-state index contributed by atoms with van der Waals surface area (Å²) in [5.41, 5.74) is 10.7. The predicted molar refractivity (Wildman–Crippen MR) is 106 cm³/mol. The van der Waals surface area contributed by atoms with E-state index in [1.54, 1.807) is 6.07 Å². The highest BCUT2D eigenvalue weighted by Gasteiger charge is 2.36. The molecule has 0 aliphatic heterocycles. The third-order valence-corrected chi connectivity index (χ3v) is 5.27. The Hall–Kier alpha value is -3.78. The number of rotatable bonds is 3. The van der Waals surface area contributed by atoms with Crippen molar-refractivity contribution in [3.63, 3.8) is 0 Å². The Morgan fingerprint density at radius 1 is 0.933 bits per heavy atom. The third kappa shape index (κ3) is 4.61. The molecule has 3 rings (SSSR count). The van der Waals surface area contributed by atoms with E-state index in [4.69, 9.17) is 11.5 Å². The normalized spacial score (nSPS) is 11.4. The molecule has 0 radical (unpaired) electrons. The van der Waals surface area contributed by atoms with Gasteiger partial charge in [0, 0.05) is 5.56 Å². The van der Waals surface area contributed by atoms with Crippen LogP contribution in [-0.4, -0.2) is 18.4 Å². The highest BCUT2D eigenvalue weighted by atomic mass is 32.2. The molecule has 154 valence electrons. The fraction of sp³-hybridized carbons (Fsp3) is 0.0526. The number of hydrogen-bond acceptors (Lipinski definition) is 6. The van der Waals surface area contributed by atoms with Crippen molar-refractivity contribution >= 4 is 27.3 Å². The smallest absolute Gasteiger partial charge is 0.382 e. The minimum atomic E-state index is -4.82. The molecule has 0 spiro atoms. The first-order chi connectivity index (χ1) is 14.1.